The van der Waals surface area contributed by atoms with Crippen LogP contribution in [0.2, 0.25) is 0 Å². The van der Waals surface area contributed by atoms with Crippen molar-refractivity contribution in [2.45, 2.75) is 31.6 Å². The molecule has 0 unspecified atom stereocenters. The van der Waals surface area contributed by atoms with Crippen LogP contribution in [-0.2, 0) is 14.8 Å². The summed E-state index contributed by atoms with van der Waals surface area (Å²) < 4.78 is 31.8. The molecule has 2 N–H and O–H groups in total. The third-order valence-electron chi connectivity index (χ3n) is 2.88. The summed E-state index contributed by atoms with van der Waals surface area (Å²) in [6.45, 7) is 4.06. The number of unbranched alkanes of at least 4 members (excludes halogenated alkanes) is 1. The maximum Gasteiger partial charge on any atom is 0.244 e. The molecule has 0 saturated carbocycles. The first-order valence-corrected chi connectivity index (χ1v) is 8.30. The number of aryl methyl sites for hydroxylation is 1. The zero-order valence-electron chi connectivity index (χ0n) is 12.6. The number of hydrogen-bond donors (Lipinski definition) is 2. The smallest absolute Gasteiger partial charge is 0.244 e. The molecule has 1 aromatic rings. The zero-order chi connectivity index (χ0) is 15.9. The van der Waals surface area contributed by atoms with E-state index in [0.717, 1.165) is 18.4 Å². The Morgan fingerprint density at radius 3 is 2.67 bits per heavy atom. The Labute approximate surface area is 125 Å². The van der Waals surface area contributed by atoms with Crippen molar-refractivity contribution < 1.29 is 17.9 Å². The van der Waals surface area contributed by atoms with Gasteiger partial charge in [0.25, 0.3) is 0 Å². The van der Waals surface area contributed by atoms with Crippen LogP contribution in [0.5, 0.6) is 5.75 Å². The van der Waals surface area contributed by atoms with Gasteiger partial charge in [-0.15, -0.1) is 0 Å². The summed E-state index contributed by atoms with van der Waals surface area (Å²) in [4.78, 5) is 11.6. The average Bonchev–Trinajstić information content (AvgIpc) is 2.45. The fraction of sp³-hybridized carbons (Fsp3) is 0.500. The second kappa shape index (κ2) is 7.99. The number of carbonyl (C=O) groups is 1. The van der Waals surface area contributed by atoms with Crippen LogP contribution in [0, 0.1) is 6.92 Å². The predicted octanol–water partition coefficient (Wildman–Crippen LogP) is 1.20. The standard InChI is InChI=1S/C14H22N2O4S/c1-4-5-8-15-14(17)10-16-21(18,19)13-9-11(2)6-7-12(13)20-3/h6-7,9,16H,4-5,8,10H2,1-3H3,(H,15,17). The molecule has 0 saturated heterocycles. The van der Waals surface area contributed by atoms with Crippen molar-refractivity contribution >= 4 is 15.9 Å². The van der Waals surface area contributed by atoms with Crippen molar-refractivity contribution in [3.05, 3.63) is 23.8 Å². The number of ether oxygens (including phenoxy) is 1. The van der Waals surface area contributed by atoms with Crippen LogP contribution >= 0.6 is 0 Å². The summed E-state index contributed by atoms with van der Waals surface area (Å²) in [6, 6.07) is 4.86. The molecule has 0 aliphatic heterocycles. The van der Waals surface area contributed by atoms with Gasteiger partial charge in [-0.25, -0.2) is 13.1 Å². The maximum absolute atomic E-state index is 12.2. The molecule has 0 aliphatic carbocycles. The highest BCUT2D eigenvalue weighted by molar-refractivity contribution is 7.89. The van der Waals surface area contributed by atoms with E-state index in [-0.39, 0.29) is 23.1 Å². The van der Waals surface area contributed by atoms with E-state index in [1.807, 2.05) is 6.92 Å². The molecule has 118 valence electrons. The van der Waals surface area contributed by atoms with Crippen LogP contribution in [0.4, 0.5) is 0 Å². The summed E-state index contributed by atoms with van der Waals surface area (Å²) in [5.41, 5.74) is 0.795. The van der Waals surface area contributed by atoms with Crippen LogP contribution in [0.15, 0.2) is 23.1 Å². The van der Waals surface area contributed by atoms with Crippen LogP contribution in [0.1, 0.15) is 25.3 Å². The largest absolute Gasteiger partial charge is 0.495 e. The first kappa shape index (κ1) is 17.5. The van der Waals surface area contributed by atoms with E-state index in [9.17, 15) is 13.2 Å². The van der Waals surface area contributed by atoms with Gasteiger partial charge in [-0.3, -0.25) is 4.79 Å². The van der Waals surface area contributed by atoms with E-state index in [1.165, 1.54) is 13.2 Å². The minimum absolute atomic E-state index is 0.0337. The molecule has 0 heterocycles. The van der Waals surface area contributed by atoms with Gasteiger partial charge < -0.3 is 10.1 Å². The number of methoxy groups -OCH3 is 1. The van der Waals surface area contributed by atoms with Crippen molar-refractivity contribution in [1.82, 2.24) is 10.0 Å². The number of amides is 1. The Morgan fingerprint density at radius 2 is 2.05 bits per heavy atom. The number of nitrogens with one attached hydrogen (secondary N) is 2. The molecular weight excluding hydrogens is 292 g/mol. The number of hydrogen-bond acceptors (Lipinski definition) is 4. The summed E-state index contributed by atoms with van der Waals surface area (Å²) in [5.74, 6) is -0.0989. The summed E-state index contributed by atoms with van der Waals surface area (Å²) in [7, 11) is -2.38. The zero-order valence-corrected chi connectivity index (χ0v) is 13.4. The second-order valence-electron chi connectivity index (χ2n) is 4.68. The van der Waals surface area contributed by atoms with E-state index in [4.69, 9.17) is 4.74 Å². The number of carbonyl (C=O) groups excluding carboxylic acids is 1. The highest BCUT2D eigenvalue weighted by Crippen LogP contribution is 2.24. The Hall–Kier alpha value is -1.60. The number of benzene rings is 1. The van der Waals surface area contributed by atoms with Crippen molar-refractivity contribution in [3.63, 3.8) is 0 Å². The molecule has 1 rings (SSSR count). The van der Waals surface area contributed by atoms with E-state index in [1.54, 1.807) is 19.1 Å². The Morgan fingerprint density at radius 1 is 1.33 bits per heavy atom. The fourth-order valence-corrected chi connectivity index (χ4v) is 2.93. The van der Waals surface area contributed by atoms with Gasteiger partial charge in [-0.2, -0.15) is 0 Å². The Bertz CT molecular complexity index is 585. The molecule has 0 radical (unpaired) electrons. The molecule has 0 spiro atoms. The minimum Gasteiger partial charge on any atom is -0.495 e. The van der Waals surface area contributed by atoms with Crippen molar-refractivity contribution in [1.29, 1.82) is 0 Å². The molecular formula is C14H22N2O4S. The molecule has 0 aromatic heterocycles. The van der Waals surface area contributed by atoms with Gasteiger partial charge in [0, 0.05) is 6.54 Å². The lowest BCUT2D eigenvalue weighted by Gasteiger charge is -2.11. The molecule has 0 bridgehead atoms. The maximum atomic E-state index is 12.2. The average molecular weight is 314 g/mol. The lowest BCUT2D eigenvalue weighted by Crippen LogP contribution is -2.37. The van der Waals surface area contributed by atoms with Crippen molar-refractivity contribution in [3.8, 4) is 5.75 Å². The summed E-state index contributed by atoms with van der Waals surface area (Å²) >= 11 is 0. The third kappa shape index (κ3) is 5.35. The van der Waals surface area contributed by atoms with Crippen LogP contribution in [-0.4, -0.2) is 34.5 Å². The predicted molar refractivity (Wildman–Crippen MR) is 80.8 cm³/mol. The van der Waals surface area contributed by atoms with Gasteiger partial charge in [0.05, 0.1) is 13.7 Å². The minimum atomic E-state index is -3.79. The van der Waals surface area contributed by atoms with Gasteiger partial charge in [-0.05, 0) is 31.0 Å². The first-order chi connectivity index (χ1) is 9.90. The van der Waals surface area contributed by atoms with Gasteiger partial charge in [0.1, 0.15) is 10.6 Å². The molecule has 6 nitrogen and oxygen atoms in total. The second-order valence-corrected chi connectivity index (χ2v) is 6.42. The molecule has 21 heavy (non-hydrogen) atoms. The highest BCUT2D eigenvalue weighted by atomic mass is 32.2. The molecule has 0 fully saturated rings. The summed E-state index contributed by atoms with van der Waals surface area (Å²) in [6.07, 6.45) is 1.83. The van der Waals surface area contributed by atoms with E-state index >= 15 is 0 Å². The van der Waals surface area contributed by atoms with E-state index in [0.29, 0.717) is 6.54 Å². The molecule has 0 aliphatic rings. The SMILES string of the molecule is CCCCNC(=O)CNS(=O)(=O)c1cc(C)ccc1OC. The quantitative estimate of drug-likeness (QED) is 0.706. The van der Waals surface area contributed by atoms with Gasteiger partial charge >= 0.3 is 0 Å². The molecule has 7 heteroatoms. The Kier molecular flexibility index (Phi) is 6.64. The number of sulfonamides is 1. The van der Waals surface area contributed by atoms with Gasteiger partial charge in [0.2, 0.25) is 15.9 Å². The first-order valence-electron chi connectivity index (χ1n) is 6.81. The van der Waals surface area contributed by atoms with Crippen molar-refractivity contribution in [2.24, 2.45) is 0 Å². The number of rotatable bonds is 8. The van der Waals surface area contributed by atoms with E-state index in [2.05, 4.69) is 10.0 Å². The monoisotopic (exact) mass is 314 g/mol. The van der Waals surface area contributed by atoms with Crippen molar-refractivity contribution in [2.75, 3.05) is 20.2 Å². The van der Waals surface area contributed by atoms with Gasteiger partial charge in [0.15, 0.2) is 0 Å². The van der Waals surface area contributed by atoms with Gasteiger partial charge in [-0.1, -0.05) is 19.4 Å². The molecule has 0 atom stereocenters. The normalized spacial score (nSPS) is 11.2. The van der Waals surface area contributed by atoms with Crippen LogP contribution in [0.3, 0.4) is 0 Å². The third-order valence-corrected chi connectivity index (χ3v) is 4.31. The molecule has 1 amide bonds. The lowest BCUT2D eigenvalue weighted by molar-refractivity contribution is -0.119. The Balaban J connectivity index is 2.74. The topological polar surface area (TPSA) is 84.5 Å². The lowest BCUT2D eigenvalue weighted by atomic mass is 10.2. The summed E-state index contributed by atoms with van der Waals surface area (Å²) in [5, 5.41) is 2.65. The highest BCUT2D eigenvalue weighted by Gasteiger charge is 2.20. The molecule has 1 aromatic carbocycles. The van der Waals surface area contributed by atoms with Crippen LogP contribution in [0.25, 0.3) is 0 Å². The van der Waals surface area contributed by atoms with E-state index < -0.39 is 10.0 Å². The fourth-order valence-electron chi connectivity index (χ4n) is 1.70. The van der Waals surface area contributed by atoms with Crippen LogP contribution < -0.4 is 14.8 Å².